The zero-order valence-corrected chi connectivity index (χ0v) is 18.7. The highest BCUT2D eigenvalue weighted by atomic mass is 35.5. The lowest BCUT2D eigenvalue weighted by Gasteiger charge is -2.27. The van der Waals surface area contributed by atoms with Crippen molar-refractivity contribution in [1.29, 1.82) is 0 Å². The minimum atomic E-state index is -3.73. The van der Waals surface area contributed by atoms with Crippen LogP contribution in [-0.4, -0.2) is 56.9 Å². The maximum absolute atomic E-state index is 12.7. The molecule has 0 atom stereocenters. The summed E-state index contributed by atoms with van der Waals surface area (Å²) in [5, 5.41) is 3.00. The number of halogens is 1. The Morgan fingerprint density at radius 3 is 2.19 bits per heavy atom. The van der Waals surface area contributed by atoms with Gasteiger partial charge in [0, 0.05) is 18.7 Å². The standard InChI is InChI=1S/C19H32ClN3O3S/c1-7-22(8-2)27(25,26)18-13-16(9-10-17(18)20)19(24)21-11-12-23(14(3)4)15(5)6/h9-10,13-15H,7-8,11-12H2,1-6H3,(H,21,24)/p+1. The van der Waals surface area contributed by atoms with Crippen molar-refractivity contribution in [1.82, 2.24) is 9.62 Å². The van der Waals surface area contributed by atoms with E-state index >= 15 is 0 Å². The van der Waals surface area contributed by atoms with Crippen molar-refractivity contribution in [3.63, 3.8) is 0 Å². The molecule has 6 nitrogen and oxygen atoms in total. The zero-order chi connectivity index (χ0) is 20.8. The fourth-order valence-electron chi connectivity index (χ4n) is 3.21. The summed E-state index contributed by atoms with van der Waals surface area (Å²) in [6.07, 6.45) is 0. The van der Waals surface area contributed by atoms with Gasteiger partial charge in [-0.2, -0.15) is 4.31 Å². The lowest BCUT2D eigenvalue weighted by molar-refractivity contribution is -0.941. The number of rotatable bonds is 10. The second kappa shape index (κ2) is 10.4. The van der Waals surface area contributed by atoms with Crippen LogP contribution in [0.25, 0.3) is 0 Å². The molecule has 1 amide bonds. The van der Waals surface area contributed by atoms with E-state index in [1.807, 2.05) is 0 Å². The summed E-state index contributed by atoms with van der Waals surface area (Å²) < 4.78 is 26.8. The molecule has 0 aliphatic heterocycles. The van der Waals surface area contributed by atoms with Gasteiger partial charge in [-0.25, -0.2) is 8.42 Å². The van der Waals surface area contributed by atoms with Crippen LogP contribution >= 0.6 is 11.6 Å². The predicted octanol–water partition coefficient (Wildman–Crippen LogP) is 1.80. The molecule has 1 aromatic rings. The highest BCUT2D eigenvalue weighted by Crippen LogP contribution is 2.25. The van der Waals surface area contributed by atoms with Gasteiger partial charge >= 0.3 is 0 Å². The number of sulfonamides is 1. The molecule has 0 unspecified atom stereocenters. The molecule has 0 aliphatic rings. The van der Waals surface area contributed by atoms with E-state index in [9.17, 15) is 13.2 Å². The summed E-state index contributed by atoms with van der Waals surface area (Å²) >= 11 is 6.12. The third kappa shape index (κ3) is 6.17. The van der Waals surface area contributed by atoms with E-state index in [0.717, 1.165) is 6.54 Å². The minimum absolute atomic E-state index is 0.0304. The van der Waals surface area contributed by atoms with E-state index in [1.54, 1.807) is 19.9 Å². The van der Waals surface area contributed by atoms with Gasteiger partial charge in [0.2, 0.25) is 10.0 Å². The number of amides is 1. The summed E-state index contributed by atoms with van der Waals surface area (Å²) in [4.78, 5) is 13.9. The first-order valence-corrected chi connectivity index (χ1v) is 11.3. The Hall–Kier alpha value is -1.15. The fourth-order valence-corrected chi connectivity index (χ4v) is 5.17. The molecule has 0 bridgehead atoms. The number of quaternary nitrogens is 1. The van der Waals surface area contributed by atoms with Crippen LogP contribution in [-0.2, 0) is 10.0 Å². The average molecular weight is 419 g/mol. The number of hydrogen-bond acceptors (Lipinski definition) is 3. The number of nitrogens with one attached hydrogen (secondary N) is 2. The Morgan fingerprint density at radius 2 is 1.70 bits per heavy atom. The first-order chi connectivity index (χ1) is 12.6. The van der Waals surface area contributed by atoms with Crippen LogP contribution in [0.1, 0.15) is 51.9 Å². The number of carbonyl (C=O) groups is 1. The molecule has 0 saturated heterocycles. The van der Waals surface area contributed by atoms with Gasteiger partial charge in [-0.15, -0.1) is 0 Å². The maximum Gasteiger partial charge on any atom is 0.251 e. The van der Waals surface area contributed by atoms with Crippen molar-refractivity contribution >= 4 is 27.5 Å². The van der Waals surface area contributed by atoms with Crippen molar-refractivity contribution in [2.45, 2.75) is 58.5 Å². The first-order valence-electron chi connectivity index (χ1n) is 9.49. The molecule has 2 N–H and O–H groups in total. The zero-order valence-electron chi connectivity index (χ0n) is 17.2. The molecule has 8 heteroatoms. The van der Waals surface area contributed by atoms with Crippen molar-refractivity contribution in [2.75, 3.05) is 26.2 Å². The normalized spacial score (nSPS) is 12.4. The molecule has 0 spiro atoms. The third-order valence-electron chi connectivity index (χ3n) is 4.70. The first kappa shape index (κ1) is 23.9. The van der Waals surface area contributed by atoms with Crippen LogP contribution in [0, 0.1) is 0 Å². The molecule has 1 rings (SSSR count). The van der Waals surface area contributed by atoms with Crippen molar-refractivity contribution in [3.05, 3.63) is 28.8 Å². The lowest BCUT2D eigenvalue weighted by atomic mass is 10.2. The van der Waals surface area contributed by atoms with Gasteiger partial charge in [-0.1, -0.05) is 25.4 Å². The molecular formula is C19H33ClN3O3S+. The topological polar surface area (TPSA) is 70.9 Å². The number of carbonyl (C=O) groups excluding carboxylic acids is 1. The second-order valence-corrected chi connectivity index (χ2v) is 9.44. The smallest absolute Gasteiger partial charge is 0.251 e. The minimum Gasteiger partial charge on any atom is -0.346 e. The van der Waals surface area contributed by atoms with Crippen LogP contribution in [0.3, 0.4) is 0 Å². The van der Waals surface area contributed by atoms with Gasteiger partial charge in [-0.05, 0) is 45.9 Å². The molecule has 0 aromatic heterocycles. The van der Waals surface area contributed by atoms with Gasteiger partial charge in [0.05, 0.1) is 30.2 Å². The Labute approximate surface area is 168 Å². The summed E-state index contributed by atoms with van der Waals surface area (Å²) in [6.45, 7) is 14.2. The molecule has 0 aliphatic carbocycles. The van der Waals surface area contributed by atoms with Gasteiger partial charge < -0.3 is 10.2 Å². The summed E-state index contributed by atoms with van der Waals surface area (Å²) in [7, 11) is -3.73. The fraction of sp³-hybridized carbons (Fsp3) is 0.632. The molecule has 0 radical (unpaired) electrons. The Bertz CT molecular complexity index is 724. The van der Waals surface area contributed by atoms with Crippen molar-refractivity contribution < 1.29 is 18.1 Å². The van der Waals surface area contributed by atoms with Gasteiger partial charge in [0.1, 0.15) is 4.90 Å². The predicted molar refractivity (Wildman–Crippen MR) is 110 cm³/mol. The summed E-state index contributed by atoms with van der Waals surface area (Å²) in [5.74, 6) is -0.297. The number of benzene rings is 1. The SMILES string of the molecule is CCN(CC)S(=O)(=O)c1cc(C(=O)NCC[NH+](C(C)C)C(C)C)ccc1Cl. The van der Waals surface area contributed by atoms with Crippen LogP contribution in [0.2, 0.25) is 5.02 Å². The quantitative estimate of drug-likeness (QED) is 0.608. The van der Waals surface area contributed by atoms with Gasteiger partial charge in [-0.3, -0.25) is 4.79 Å². The Morgan fingerprint density at radius 1 is 1.15 bits per heavy atom. The van der Waals surface area contributed by atoms with E-state index in [2.05, 4.69) is 33.0 Å². The van der Waals surface area contributed by atoms with Crippen LogP contribution in [0.4, 0.5) is 0 Å². The van der Waals surface area contributed by atoms with E-state index < -0.39 is 10.0 Å². The molecule has 0 saturated carbocycles. The molecule has 0 heterocycles. The highest BCUT2D eigenvalue weighted by Gasteiger charge is 2.25. The van der Waals surface area contributed by atoms with E-state index in [4.69, 9.17) is 11.6 Å². The van der Waals surface area contributed by atoms with E-state index in [-0.39, 0.29) is 15.8 Å². The average Bonchev–Trinajstić information content (AvgIpc) is 2.58. The highest BCUT2D eigenvalue weighted by molar-refractivity contribution is 7.89. The molecule has 0 fully saturated rings. The van der Waals surface area contributed by atoms with Crippen LogP contribution < -0.4 is 10.2 Å². The monoisotopic (exact) mass is 418 g/mol. The van der Waals surface area contributed by atoms with Crippen molar-refractivity contribution in [2.24, 2.45) is 0 Å². The number of hydrogen-bond donors (Lipinski definition) is 2. The van der Waals surface area contributed by atoms with Crippen LogP contribution in [0.5, 0.6) is 0 Å². The molecular weight excluding hydrogens is 386 g/mol. The van der Waals surface area contributed by atoms with Crippen LogP contribution in [0.15, 0.2) is 23.1 Å². The maximum atomic E-state index is 12.7. The lowest BCUT2D eigenvalue weighted by Crippen LogP contribution is -3.18. The van der Waals surface area contributed by atoms with Gasteiger partial charge in [0.25, 0.3) is 5.91 Å². The Kier molecular flexibility index (Phi) is 9.21. The second-order valence-electron chi connectivity index (χ2n) is 7.12. The molecule has 1 aromatic carbocycles. The number of nitrogens with zero attached hydrogens (tertiary/aromatic N) is 1. The van der Waals surface area contributed by atoms with Gasteiger partial charge in [0.15, 0.2) is 0 Å². The third-order valence-corrected chi connectivity index (χ3v) is 7.23. The Balaban J connectivity index is 2.95. The summed E-state index contributed by atoms with van der Waals surface area (Å²) in [5.41, 5.74) is 0.292. The largest absolute Gasteiger partial charge is 0.346 e. The summed E-state index contributed by atoms with van der Waals surface area (Å²) in [6, 6.07) is 5.30. The van der Waals surface area contributed by atoms with E-state index in [0.29, 0.717) is 37.3 Å². The molecule has 154 valence electrons. The van der Waals surface area contributed by atoms with Crippen molar-refractivity contribution in [3.8, 4) is 0 Å². The van der Waals surface area contributed by atoms with E-state index in [1.165, 1.54) is 21.3 Å². The molecule has 27 heavy (non-hydrogen) atoms.